The lowest BCUT2D eigenvalue weighted by Gasteiger charge is -2.24. The highest BCUT2D eigenvalue weighted by molar-refractivity contribution is 5.96. The molecule has 4 aromatic rings. The Labute approximate surface area is 196 Å². The number of furan rings is 1. The molecule has 7 heteroatoms. The van der Waals surface area contributed by atoms with Gasteiger partial charge in [0.25, 0.3) is 5.91 Å². The van der Waals surface area contributed by atoms with E-state index < -0.39 is 29.7 Å². The number of carbonyl (C=O) groups excluding carboxylic acids is 1. The third-order valence-electron chi connectivity index (χ3n) is 5.57. The van der Waals surface area contributed by atoms with Gasteiger partial charge in [-0.1, -0.05) is 48.0 Å². The second-order valence-corrected chi connectivity index (χ2v) is 8.40. The zero-order chi connectivity index (χ0) is 24.1. The molecule has 0 aliphatic rings. The summed E-state index contributed by atoms with van der Waals surface area (Å²) in [7, 11) is 0. The predicted octanol–water partition coefficient (Wildman–Crippen LogP) is 4.51. The standard InChI is InChI=1S/C27H26F2N2O3/c1-17-5-4-6-18(9-17)15-30-16-24(32)23(12-19-10-21(28)14-22(29)11-19)31-27(33)26-13-20-7-2-3-8-25(20)34-26/h2-11,13-14,23-24,30,32H,12,15-16H2,1H3,(H,31,33)/t23-,24+/m0/s1. The van der Waals surface area contributed by atoms with Crippen LogP contribution in [0, 0.1) is 18.6 Å². The van der Waals surface area contributed by atoms with E-state index in [4.69, 9.17) is 4.42 Å². The minimum absolute atomic E-state index is 0.0357. The molecule has 3 N–H and O–H groups in total. The van der Waals surface area contributed by atoms with Crippen molar-refractivity contribution in [3.05, 3.63) is 107 Å². The van der Waals surface area contributed by atoms with Gasteiger partial charge in [0.1, 0.15) is 17.2 Å². The van der Waals surface area contributed by atoms with Crippen LogP contribution >= 0.6 is 0 Å². The zero-order valence-corrected chi connectivity index (χ0v) is 18.7. The smallest absolute Gasteiger partial charge is 0.287 e. The Hall–Kier alpha value is -3.55. The van der Waals surface area contributed by atoms with Crippen molar-refractivity contribution in [1.82, 2.24) is 10.6 Å². The first kappa shape index (κ1) is 23.6. The van der Waals surface area contributed by atoms with Crippen LogP contribution < -0.4 is 10.6 Å². The largest absolute Gasteiger partial charge is 0.451 e. The lowest BCUT2D eigenvalue weighted by Crippen LogP contribution is -2.48. The monoisotopic (exact) mass is 464 g/mol. The van der Waals surface area contributed by atoms with Gasteiger partial charge in [-0.2, -0.15) is 0 Å². The number of carbonyl (C=O) groups is 1. The van der Waals surface area contributed by atoms with Crippen LogP contribution in [0.15, 0.2) is 77.2 Å². The van der Waals surface area contributed by atoms with Gasteiger partial charge in [-0.3, -0.25) is 4.79 Å². The Morgan fingerprint density at radius 2 is 1.74 bits per heavy atom. The maximum Gasteiger partial charge on any atom is 0.287 e. The summed E-state index contributed by atoms with van der Waals surface area (Å²) in [4.78, 5) is 12.9. The summed E-state index contributed by atoms with van der Waals surface area (Å²) >= 11 is 0. The van der Waals surface area contributed by atoms with E-state index in [0.29, 0.717) is 17.7 Å². The molecule has 0 aliphatic carbocycles. The third-order valence-corrected chi connectivity index (χ3v) is 5.57. The van der Waals surface area contributed by atoms with Crippen molar-refractivity contribution in [2.75, 3.05) is 6.54 Å². The molecule has 0 bridgehead atoms. The molecule has 1 aromatic heterocycles. The molecule has 1 amide bonds. The molecule has 176 valence electrons. The molecular weight excluding hydrogens is 438 g/mol. The second-order valence-electron chi connectivity index (χ2n) is 8.40. The summed E-state index contributed by atoms with van der Waals surface area (Å²) in [5.74, 6) is -1.86. The van der Waals surface area contributed by atoms with Crippen LogP contribution in [0.1, 0.15) is 27.2 Å². The first-order valence-corrected chi connectivity index (χ1v) is 11.1. The zero-order valence-electron chi connectivity index (χ0n) is 18.7. The van der Waals surface area contributed by atoms with Gasteiger partial charge in [-0.25, -0.2) is 8.78 Å². The van der Waals surface area contributed by atoms with Crippen LogP contribution in [0.3, 0.4) is 0 Å². The summed E-state index contributed by atoms with van der Waals surface area (Å²) in [6.07, 6.45) is -0.988. The SMILES string of the molecule is Cc1cccc(CNC[C@@H](O)[C@H](Cc2cc(F)cc(F)c2)NC(=O)c2cc3ccccc3o2)c1. The molecule has 0 fully saturated rings. The van der Waals surface area contributed by atoms with Gasteiger partial charge < -0.3 is 20.2 Å². The van der Waals surface area contributed by atoms with Gasteiger partial charge in [-0.15, -0.1) is 0 Å². The average Bonchev–Trinajstić information content (AvgIpc) is 3.22. The first-order chi connectivity index (χ1) is 16.4. The molecule has 3 aromatic carbocycles. The van der Waals surface area contributed by atoms with Gasteiger partial charge in [-0.05, 0) is 48.7 Å². The number of benzene rings is 3. The van der Waals surface area contributed by atoms with E-state index in [9.17, 15) is 18.7 Å². The summed E-state index contributed by atoms with van der Waals surface area (Å²) in [5, 5.41) is 17.6. The molecule has 5 nitrogen and oxygen atoms in total. The van der Waals surface area contributed by atoms with Crippen molar-refractivity contribution in [3.63, 3.8) is 0 Å². The fourth-order valence-corrected chi connectivity index (χ4v) is 3.93. The first-order valence-electron chi connectivity index (χ1n) is 11.1. The lowest BCUT2D eigenvalue weighted by molar-refractivity contribution is 0.0806. The fourth-order valence-electron chi connectivity index (χ4n) is 3.93. The van der Waals surface area contributed by atoms with Crippen LogP contribution in [0.5, 0.6) is 0 Å². The van der Waals surface area contributed by atoms with Gasteiger partial charge in [0.05, 0.1) is 12.1 Å². The van der Waals surface area contributed by atoms with Crippen molar-refractivity contribution < 1.29 is 23.1 Å². The van der Waals surface area contributed by atoms with Crippen molar-refractivity contribution in [2.45, 2.75) is 32.0 Å². The van der Waals surface area contributed by atoms with E-state index in [1.807, 2.05) is 43.3 Å². The summed E-state index contributed by atoms with van der Waals surface area (Å²) in [6, 6.07) is 19.2. The summed E-state index contributed by atoms with van der Waals surface area (Å²) in [5.41, 5.74) is 3.08. The Morgan fingerprint density at radius 1 is 0.971 bits per heavy atom. The van der Waals surface area contributed by atoms with Gasteiger partial charge in [0.2, 0.25) is 0 Å². The number of hydrogen-bond acceptors (Lipinski definition) is 4. The fraction of sp³-hybridized carbons (Fsp3) is 0.222. The number of nitrogens with one attached hydrogen (secondary N) is 2. The molecule has 0 radical (unpaired) electrons. The highest BCUT2D eigenvalue weighted by Gasteiger charge is 2.24. The topological polar surface area (TPSA) is 74.5 Å². The number of rotatable bonds is 9. The van der Waals surface area contributed by atoms with Gasteiger partial charge >= 0.3 is 0 Å². The van der Waals surface area contributed by atoms with E-state index in [1.165, 1.54) is 12.1 Å². The molecule has 1 heterocycles. The van der Waals surface area contributed by atoms with E-state index in [1.54, 1.807) is 18.2 Å². The van der Waals surface area contributed by atoms with Crippen LogP contribution in [-0.4, -0.2) is 29.7 Å². The lowest BCUT2D eigenvalue weighted by atomic mass is 10.0. The molecule has 34 heavy (non-hydrogen) atoms. The number of aliphatic hydroxyl groups excluding tert-OH is 1. The number of hydrogen-bond donors (Lipinski definition) is 3. The molecule has 0 saturated carbocycles. The van der Waals surface area contributed by atoms with Crippen molar-refractivity contribution in [2.24, 2.45) is 0 Å². The molecule has 0 aliphatic heterocycles. The Balaban J connectivity index is 1.48. The molecule has 0 unspecified atom stereocenters. The maximum absolute atomic E-state index is 13.7. The Morgan fingerprint density at radius 3 is 2.47 bits per heavy atom. The van der Waals surface area contributed by atoms with Crippen LogP contribution in [0.25, 0.3) is 11.0 Å². The number of aryl methyl sites for hydroxylation is 1. The second kappa shape index (κ2) is 10.6. The number of para-hydroxylation sites is 1. The summed E-state index contributed by atoms with van der Waals surface area (Å²) < 4.78 is 33.1. The molecule has 0 saturated heterocycles. The van der Waals surface area contributed by atoms with E-state index in [-0.39, 0.29) is 18.7 Å². The molecule has 4 rings (SSSR count). The van der Waals surface area contributed by atoms with Crippen molar-refractivity contribution in [1.29, 1.82) is 0 Å². The molecule has 0 spiro atoms. The van der Waals surface area contributed by atoms with Crippen LogP contribution in [0.2, 0.25) is 0 Å². The van der Waals surface area contributed by atoms with E-state index in [2.05, 4.69) is 10.6 Å². The number of fused-ring (bicyclic) bond motifs is 1. The van der Waals surface area contributed by atoms with Crippen LogP contribution in [-0.2, 0) is 13.0 Å². The summed E-state index contributed by atoms with van der Waals surface area (Å²) in [6.45, 7) is 2.69. The highest BCUT2D eigenvalue weighted by Crippen LogP contribution is 2.19. The highest BCUT2D eigenvalue weighted by atomic mass is 19.1. The van der Waals surface area contributed by atoms with Crippen molar-refractivity contribution >= 4 is 16.9 Å². The minimum atomic E-state index is -1.02. The van der Waals surface area contributed by atoms with Crippen LogP contribution in [0.4, 0.5) is 8.78 Å². The number of halogens is 2. The predicted molar refractivity (Wildman–Crippen MR) is 126 cm³/mol. The average molecular weight is 465 g/mol. The van der Waals surface area contributed by atoms with E-state index >= 15 is 0 Å². The molecular formula is C27H26F2N2O3. The van der Waals surface area contributed by atoms with Gasteiger partial charge in [0, 0.05) is 24.5 Å². The van der Waals surface area contributed by atoms with Crippen molar-refractivity contribution in [3.8, 4) is 0 Å². The Bertz CT molecular complexity index is 1230. The minimum Gasteiger partial charge on any atom is -0.451 e. The quantitative estimate of drug-likeness (QED) is 0.341. The molecule has 2 atom stereocenters. The maximum atomic E-state index is 13.7. The van der Waals surface area contributed by atoms with E-state index in [0.717, 1.165) is 22.6 Å². The number of amides is 1. The number of aliphatic hydroxyl groups is 1. The third kappa shape index (κ3) is 6.07. The Kier molecular flexibility index (Phi) is 7.35. The normalized spacial score (nSPS) is 13.1. The van der Waals surface area contributed by atoms with Gasteiger partial charge in [0.15, 0.2) is 5.76 Å².